The number of aromatic nitrogens is 2. The average molecular weight is 449 g/mol. The molecule has 1 aliphatic heterocycles. The molecule has 0 saturated heterocycles. The van der Waals surface area contributed by atoms with Crippen LogP contribution in [0.5, 0.6) is 11.5 Å². The molecule has 1 unspecified atom stereocenters. The first-order chi connectivity index (χ1) is 15.8. The maximum atomic E-state index is 13.7. The molecule has 0 spiro atoms. The lowest BCUT2D eigenvalue weighted by Crippen LogP contribution is -2.45. The van der Waals surface area contributed by atoms with Gasteiger partial charge in [-0.2, -0.15) is 0 Å². The van der Waals surface area contributed by atoms with Crippen LogP contribution in [0.1, 0.15) is 35.2 Å². The number of hydrogen-bond acceptors (Lipinski definition) is 5. The van der Waals surface area contributed by atoms with Gasteiger partial charge in [0.1, 0.15) is 5.49 Å². The van der Waals surface area contributed by atoms with Crippen LogP contribution in [0, 0.1) is 20.8 Å². The van der Waals surface area contributed by atoms with Crippen molar-refractivity contribution in [2.75, 3.05) is 20.8 Å². The minimum atomic E-state index is -0.188. The summed E-state index contributed by atoms with van der Waals surface area (Å²) in [6.45, 7) is 9.05. The Kier molecular flexibility index (Phi) is 6.17. The van der Waals surface area contributed by atoms with Crippen molar-refractivity contribution in [3.8, 4) is 22.8 Å². The van der Waals surface area contributed by atoms with Gasteiger partial charge in [0.05, 0.1) is 25.6 Å². The molecule has 1 atom stereocenters. The first-order valence-electron chi connectivity index (χ1n) is 11.2. The standard InChI is InChI=1S/C26H32N4O3/c1-15-9-16(2)25(17(3)10-15)28-24-13-21-20-12-23(33-6)22(32-5)11-19(20)7-8-29(21)26(31)30(24)18(4)14-27/h9-13,18H,7-8,14,27H2,1-6H3/b28-24+. The lowest BCUT2D eigenvalue weighted by molar-refractivity contribution is 0.354. The molecule has 2 N–H and O–H groups in total. The monoisotopic (exact) mass is 448 g/mol. The molecule has 0 aliphatic carbocycles. The SMILES string of the molecule is COc1cc2c(cc1OC)-c1c/c(=N\c3c(C)cc(C)cc3C)n(C(C)CN)c(=O)n1CC2. The molecule has 0 fully saturated rings. The van der Waals surface area contributed by atoms with Gasteiger partial charge in [0.2, 0.25) is 0 Å². The third-order valence-corrected chi connectivity index (χ3v) is 6.37. The van der Waals surface area contributed by atoms with Gasteiger partial charge in [0.25, 0.3) is 0 Å². The summed E-state index contributed by atoms with van der Waals surface area (Å²) < 4.78 is 14.6. The quantitative estimate of drug-likeness (QED) is 0.647. The Balaban J connectivity index is 2.06. The normalized spacial score (nSPS) is 14.0. The molecule has 7 heteroatoms. The second kappa shape index (κ2) is 8.90. The number of nitrogens with zero attached hydrogens (tertiary/aromatic N) is 3. The van der Waals surface area contributed by atoms with Gasteiger partial charge in [-0.3, -0.25) is 9.13 Å². The molecule has 0 bridgehead atoms. The minimum Gasteiger partial charge on any atom is -0.493 e. The molecule has 4 rings (SSSR count). The molecular formula is C26H32N4O3. The minimum absolute atomic E-state index is 0.105. The number of aryl methyl sites for hydroxylation is 4. The number of nitrogens with two attached hydrogens (primary N) is 1. The summed E-state index contributed by atoms with van der Waals surface area (Å²) >= 11 is 0. The lowest BCUT2D eigenvalue weighted by Gasteiger charge is -2.26. The highest BCUT2D eigenvalue weighted by atomic mass is 16.5. The van der Waals surface area contributed by atoms with Gasteiger partial charge in [0, 0.05) is 30.8 Å². The van der Waals surface area contributed by atoms with Crippen molar-refractivity contribution in [1.82, 2.24) is 9.13 Å². The molecule has 0 saturated carbocycles. The van der Waals surface area contributed by atoms with E-state index in [1.807, 2.05) is 43.5 Å². The maximum absolute atomic E-state index is 13.7. The van der Waals surface area contributed by atoms with Crippen LogP contribution < -0.4 is 26.4 Å². The predicted molar refractivity (Wildman–Crippen MR) is 131 cm³/mol. The van der Waals surface area contributed by atoms with Crippen LogP contribution in [0.15, 0.2) is 40.1 Å². The van der Waals surface area contributed by atoms with E-state index in [4.69, 9.17) is 20.2 Å². The highest BCUT2D eigenvalue weighted by Crippen LogP contribution is 2.37. The number of benzene rings is 2. The smallest absolute Gasteiger partial charge is 0.330 e. The predicted octanol–water partition coefficient (Wildman–Crippen LogP) is 3.57. The number of methoxy groups -OCH3 is 2. The molecule has 33 heavy (non-hydrogen) atoms. The molecule has 0 amide bonds. The number of hydrogen-bond donors (Lipinski definition) is 1. The molecule has 1 aromatic heterocycles. The molecule has 2 aromatic carbocycles. The molecule has 174 valence electrons. The van der Waals surface area contributed by atoms with Crippen molar-refractivity contribution in [1.29, 1.82) is 0 Å². The van der Waals surface area contributed by atoms with Crippen molar-refractivity contribution in [3.05, 3.63) is 68.6 Å². The first kappa shape index (κ1) is 22.9. The summed E-state index contributed by atoms with van der Waals surface area (Å²) in [4.78, 5) is 18.7. The Bertz CT molecular complexity index is 1330. The Morgan fingerprint density at radius 1 is 1.03 bits per heavy atom. The zero-order chi connectivity index (χ0) is 23.9. The van der Waals surface area contributed by atoms with Crippen molar-refractivity contribution >= 4 is 5.69 Å². The number of fused-ring (bicyclic) bond motifs is 3. The van der Waals surface area contributed by atoms with E-state index >= 15 is 0 Å². The van der Waals surface area contributed by atoms with E-state index in [-0.39, 0.29) is 11.7 Å². The fraction of sp³-hybridized carbons (Fsp3) is 0.385. The Hall–Kier alpha value is -3.32. The topological polar surface area (TPSA) is 83.8 Å². The highest BCUT2D eigenvalue weighted by molar-refractivity contribution is 5.70. The first-order valence-corrected chi connectivity index (χ1v) is 11.2. The third kappa shape index (κ3) is 3.97. The van der Waals surface area contributed by atoms with E-state index in [9.17, 15) is 4.79 Å². The summed E-state index contributed by atoms with van der Waals surface area (Å²) in [5, 5.41) is 0. The summed E-state index contributed by atoms with van der Waals surface area (Å²) in [5.41, 5.74) is 13.6. The van der Waals surface area contributed by atoms with Crippen LogP contribution in [0.2, 0.25) is 0 Å². The Morgan fingerprint density at radius 2 is 1.67 bits per heavy atom. The zero-order valence-corrected chi connectivity index (χ0v) is 20.2. The van der Waals surface area contributed by atoms with E-state index in [2.05, 4.69) is 19.1 Å². The van der Waals surface area contributed by atoms with Crippen molar-refractivity contribution in [2.24, 2.45) is 10.7 Å². The van der Waals surface area contributed by atoms with E-state index in [1.165, 1.54) is 5.56 Å². The third-order valence-electron chi connectivity index (χ3n) is 6.37. The van der Waals surface area contributed by atoms with E-state index in [0.29, 0.717) is 30.1 Å². The second-order valence-corrected chi connectivity index (χ2v) is 8.75. The van der Waals surface area contributed by atoms with Gasteiger partial charge >= 0.3 is 5.69 Å². The molecule has 0 radical (unpaired) electrons. The van der Waals surface area contributed by atoms with Crippen molar-refractivity contribution in [2.45, 2.75) is 46.7 Å². The number of rotatable bonds is 5. The maximum Gasteiger partial charge on any atom is 0.330 e. The molecule has 3 aromatic rings. The van der Waals surface area contributed by atoms with Crippen LogP contribution in [0.3, 0.4) is 0 Å². The van der Waals surface area contributed by atoms with Gasteiger partial charge in [-0.25, -0.2) is 9.79 Å². The van der Waals surface area contributed by atoms with Crippen LogP contribution >= 0.6 is 0 Å². The zero-order valence-electron chi connectivity index (χ0n) is 20.2. The second-order valence-electron chi connectivity index (χ2n) is 8.75. The van der Waals surface area contributed by atoms with Crippen LogP contribution in [-0.4, -0.2) is 29.9 Å². The van der Waals surface area contributed by atoms with Crippen molar-refractivity contribution in [3.63, 3.8) is 0 Å². The lowest BCUT2D eigenvalue weighted by atomic mass is 9.97. The molecular weight excluding hydrogens is 416 g/mol. The molecule has 2 heterocycles. The Morgan fingerprint density at radius 3 is 2.27 bits per heavy atom. The van der Waals surface area contributed by atoms with Gasteiger partial charge in [-0.05, 0) is 62.9 Å². The van der Waals surface area contributed by atoms with E-state index < -0.39 is 0 Å². The van der Waals surface area contributed by atoms with Gasteiger partial charge in [-0.15, -0.1) is 0 Å². The molecule has 1 aliphatic rings. The summed E-state index contributed by atoms with van der Waals surface area (Å²) in [7, 11) is 3.25. The highest BCUT2D eigenvalue weighted by Gasteiger charge is 2.23. The van der Waals surface area contributed by atoms with Gasteiger partial charge in [0.15, 0.2) is 11.5 Å². The molecule has 7 nitrogen and oxygen atoms in total. The summed E-state index contributed by atoms with van der Waals surface area (Å²) in [5.74, 6) is 1.32. The van der Waals surface area contributed by atoms with Crippen LogP contribution in [0.4, 0.5) is 5.69 Å². The van der Waals surface area contributed by atoms with Crippen LogP contribution in [-0.2, 0) is 13.0 Å². The summed E-state index contributed by atoms with van der Waals surface area (Å²) in [6.07, 6.45) is 0.728. The summed E-state index contributed by atoms with van der Waals surface area (Å²) in [6, 6.07) is 9.97. The van der Waals surface area contributed by atoms with Gasteiger partial charge < -0.3 is 15.2 Å². The van der Waals surface area contributed by atoms with Gasteiger partial charge in [-0.1, -0.05) is 17.7 Å². The largest absolute Gasteiger partial charge is 0.493 e. The fourth-order valence-electron chi connectivity index (χ4n) is 4.71. The number of ether oxygens (including phenoxy) is 2. The van der Waals surface area contributed by atoms with E-state index in [0.717, 1.165) is 40.1 Å². The van der Waals surface area contributed by atoms with Crippen LogP contribution in [0.25, 0.3) is 11.3 Å². The average Bonchev–Trinajstić information content (AvgIpc) is 2.79. The fourth-order valence-corrected chi connectivity index (χ4v) is 4.71. The van der Waals surface area contributed by atoms with E-state index in [1.54, 1.807) is 18.8 Å². The Labute approximate surface area is 194 Å². The van der Waals surface area contributed by atoms with Crippen molar-refractivity contribution < 1.29 is 9.47 Å².